The number of rotatable bonds is 4. The van der Waals surface area contributed by atoms with E-state index in [1.165, 1.54) is 5.56 Å². The van der Waals surface area contributed by atoms with Crippen molar-refractivity contribution < 1.29 is 9.53 Å². The number of aryl methyl sites for hydroxylation is 1. The zero-order valence-corrected chi connectivity index (χ0v) is 12.6. The second kappa shape index (κ2) is 6.54. The molecule has 2 rings (SSSR count). The third-order valence-electron chi connectivity index (χ3n) is 2.83. The molecule has 0 aliphatic rings. The fraction of sp³-hybridized carbons (Fsp3) is 0.133. The molecule has 0 aliphatic carbocycles. The van der Waals surface area contributed by atoms with Gasteiger partial charge in [0.1, 0.15) is 12.4 Å². The molecule has 1 amide bonds. The summed E-state index contributed by atoms with van der Waals surface area (Å²) >= 11 is 3.47. The molecule has 104 valence electrons. The summed E-state index contributed by atoms with van der Waals surface area (Å²) in [6, 6.07) is 13.0. The Bertz CT molecular complexity index is 612. The summed E-state index contributed by atoms with van der Waals surface area (Å²) in [5, 5.41) is 0. The number of nitrogens with one attached hydrogen (secondary N) is 1. The summed E-state index contributed by atoms with van der Waals surface area (Å²) in [6.45, 7) is 2.46. The van der Waals surface area contributed by atoms with Gasteiger partial charge in [-0.15, -0.1) is 0 Å². The molecule has 0 spiro atoms. The molecule has 0 fully saturated rings. The van der Waals surface area contributed by atoms with Gasteiger partial charge in [0, 0.05) is 5.56 Å². The number of hydrazine groups is 1. The van der Waals surface area contributed by atoms with Crippen LogP contribution >= 0.6 is 15.9 Å². The molecule has 0 aromatic heterocycles. The number of carbonyl (C=O) groups excluding carboxylic acids is 1. The van der Waals surface area contributed by atoms with Crippen molar-refractivity contribution in [1.82, 2.24) is 5.43 Å². The fourth-order valence-corrected chi connectivity index (χ4v) is 2.33. The molecule has 2 aromatic carbocycles. The van der Waals surface area contributed by atoms with E-state index in [0.29, 0.717) is 12.2 Å². The highest BCUT2D eigenvalue weighted by Crippen LogP contribution is 2.26. The molecule has 0 atom stereocenters. The lowest BCUT2D eigenvalue weighted by atomic mass is 10.1. The normalized spacial score (nSPS) is 10.2. The highest BCUT2D eigenvalue weighted by atomic mass is 79.9. The van der Waals surface area contributed by atoms with Gasteiger partial charge in [-0.2, -0.15) is 0 Å². The standard InChI is InChI=1S/C15H15BrN2O2/c1-10-2-7-14(13(16)8-10)20-9-11-3-5-12(6-4-11)15(19)18-17/h2-8H,9,17H2,1H3,(H,18,19). The molecule has 0 heterocycles. The van der Waals surface area contributed by atoms with Crippen molar-refractivity contribution in [3.8, 4) is 5.75 Å². The van der Waals surface area contributed by atoms with Crippen molar-refractivity contribution in [1.29, 1.82) is 0 Å². The topological polar surface area (TPSA) is 64.3 Å². The van der Waals surface area contributed by atoms with E-state index < -0.39 is 0 Å². The number of hydrogen-bond acceptors (Lipinski definition) is 3. The van der Waals surface area contributed by atoms with E-state index >= 15 is 0 Å². The SMILES string of the molecule is Cc1ccc(OCc2ccc(C(=O)NN)cc2)c(Br)c1. The van der Waals surface area contributed by atoms with Gasteiger partial charge in [0.2, 0.25) is 0 Å². The van der Waals surface area contributed by atoms with Gasteiger partial charge in [-0.1, -0.05) is 18.2 Å². The van der Waals surface area contributed by atoms with E-state index in [4.69, 9.17) is 10.6 Å². The van der Waals surface area contributed by atoms with E-state index in [1.54, 1.807) is 12.1 Å². The van der Waals surface area contributed by atoms with Crippen LogP contribution in [-0.2, 0) is 6.61 Å². The van der Waals surface area contributed by atoms with E-state index in [9.17, 15) is 4.79 Å². The van der Waals surface area contributed by atoms with E-state index in [2.05, 4.69) is 21.4 Å². The molecule has 2 aromatic rings. The third kappa shape index (κ3) is 3.59. The van der Waals surface area contributed by atoms with E-state index in [1.807, 2.05) is 37.3 Å². The number of halogens is 1. The Morgan fingerprint density at radius 1 is 1.25 bits per heavy atom. The molecule has 0 saturated heterocycles. The average Bonchev–Trinajstić information content (AvgIpc) is 2.46. The summed E-state index contributed by atoms with van der Waals surface area (Å²) in [7, 11) is 0. The van der Waals surface area contributed by atoms with Crippen molar-refractivity contribution in [3.05, 3.63) is 63.6 Å². The summed E-state index contributed by atoms with van der Waals surface area (Å²) in [5.41, 5.74) is 4.76. The van der Waals surface area contributed by atoms with Crippen LogP contribution in [0.25, 0.3) is 0 Å². The van der Waals surface area contributed by atoms with Crippen LogP contribution in [0.15, 0.2) is 46.9 Å². The lowest BCUT2D eigenvalue weighted by Gasteiger charge is -2.09. The smallest absolute Gasteiger partial charge is 0.265 e. The molecule has 20 heavy (non-hydrogen) atoms. The zero-order valence-electron chi connectivity index (χ0n) is 11.0. The van der Waals surface area contributed by atoms with Gasteiger partial charge >= 0.3 is 0 Å². The Labute approximate surface area is 126 Å². The van der Waals surface area contributed by atoms with Gasteiger partial charge in [-0.3, -0.25) is 10.2 Å². The number of carbonyl (C=O) groups is 1. The minimum atomic E-state index is -0.307. The first-order chi connectivity index (χ1) is 9.60. The Balaban J connectivity index is 2.02. The lowest BCUT2D eigenvalue weighted by Crippen LogP contribution is -2.29. The van der Waals surface area contributed by atoms with Crippen LogP contribution in [0.5, 0.6) is 5.75 Å². The number of benzene rings is 2. The number of ether oxygens (including phenoxy) is 1. The molecule has 3 N–H and O–H groups in total. The van der Waals surface area contributed by atoms with Gasteiger partial charge in [-0.25, -0.2) is 5.84 Å². The maximum atomic E-state index is 11.3. The summed E-state index contributed by atoms with van der Waals surface area (Å²) in [5.74, 6) is 5.56. The lowest BCUT2D eigenvalue weighted by molar-refractivity contribution is 0.0953. The first-order valence-corrected chi connectivity index (χ1v) is 6.88. The van der Waals surface area contributed by atoms with Gasteiger partial charge in [0.05, 0.1) is 4.47 Å². The first-order valence-electron chi connectivity index (χ1n) is 6.09. The van der Waals surface area contributed by atoms with Gasteiger partial charge < -0.3 is 4.74 Å². The summed E-state index contributed by atoms with van der Waals surface area (Å²) in [6.07, 6.45) is 0. The van der Waals surface area contributed by atoms with E-state index in [0.717, 1.165) is 15.8 Å². The Morgan fingerprint density at radius 3 is 2.55 bits per heavy atom. The molecular formula is C15H15BrN2O2. The maximum absolute atomic E-state index is 11.3. The monoisotopic (exact) mass is 334 g/mol. The number of amides is 1. The Morgan fingerprint density at radius 2 is 1.95 bits per heavy atom. The van der Waals surface area contributed by atoms with Crippen molar-refractivity contribution in [3.63, 3.8) is 0 Å². The van der Waals surface area contributed by atoms with E-state index in [-0.39, 0.29) is 5.91 Å². The Hall–Kier alpha value is -1.85. The summed E-state index contributed by atoms with van der Waals surface area (Å²) < 4.78 is 6.66. The predicted octanol–water partition coefficient (Wildman–Crippen LogP) is 2.94. The largest absolute Gasteiger partial charge is 0.488 e. The minimum absolute atomic E-state index is 0.307. The quantitative estimate of drug-likeness (QED) is 0.513. The van der Waals surface area contributed by atoms with Crippen LogP contribution in [0.1, 0.15) is 21.5 Å². The van der Waals surface area contributed by atoms with Crippen LogP contribution in [-0.4, -0.2) is 5.91 Å². The van der Waals surface area contributed by atoms with Crippen LogP contribution in [0, 0.1) is 6.92 Å². The highest BCUT2D eigenvalue weighted by molar-refractivity contribution is 9.10. The molecular weight excluding hydrogens is 320 g/mol. The molecule has 0 radical (unpaired) electrons. The zero-order chi connectivity index (χ0) is 14.5. The van der Waals surface area contributed by atoms with Crippen LogP contribution in [0.2, 0.25) is 0 Å². The van der Waals surface area contributed by atoms with Crippen LogP contribution in [0.3, 0.4) is 0 Å². The molecule has 5 heteroatoms. The molecule has 0 saturated carbocycles. The van der Waals surface area contributed by atoms with Crippen molar-refractivity contribution >= 4 is 21.8 Å². The van der Waals surface area contributed by atoms with Crippen LogP contribution in [0.4, 0.5) is 0 Å². The maximum Gasteiger partial charge on any atom is 0.265 e. The molecule has 0 bridgehead atoms. The average molecular weight is 335 g/mol. The van der Waals surface area contributed by atoms with Crippen molar-refractivity contribution in [2.75, 3.05) is 0 Å². The molecule has 4 nitrogen and oxygen atoms in total. The fourth-order valence-electron chi connectivity index (χ4n) is 1.72. The second-order valence-electron chi connectivity index (χ2n) is 4.39. The number of nitrogens with two attached hydrogens (primary N) is 1. The minimum Gasteiger partial charge on any atom is -0.488 e. The highest BCUT2D eigenvalue weighted by Gasteiger charge is 2.04. The molecule has 0 aliphatic heterocycles. The number of nitrogen functional groups attached to an aromatic ring is 1. The van der Waals surface area contributed by atoms with Gasteiger partial charge in [0.15, 0.2) is 0 Å². The Kier molecular flexibility index (Phi) is 4.76. The van der Waals surface area contributed by atoms with Crippen molar-refractivity contribution in [2.45, 2.75) is 13.5 Å². The number of hydrogen-bond donors (Lipinski definition) is 2. The van der Waals surface area contributed by atoms with Crippen LogP contribution < -0.4 is 16.0 Å². The summed E-state index contributed by atoms with van der Waals surface area (Å²) in [4.78, 5) is 11.3. The second-order valence-corrected chi connectivity index (χ2v) is 5.25. The first kappa shape index (κ1) is 14.6. The van der Waals surface area contributed by atoms with Gasteiger partial charge in [-0.05, 0) is 58.2 Å². The van der Waals surface area contributed by atoms with Gasteiger partial charge in [0.25, 0.3) is 5.91 Å². The molecule has 0 unspecified atom stereocenters. The third-order valence-corrected chi connectivity index (χ3v) is 3.45. The van der Waals surface area contributed by atoms with Crippen molar-refractivity contribution in [2.24, 2.45) is 5.84 Å². The predicted molar refractivity (Wildman–Crippen MR) is 81.3 cm³/mol.